The number of rotatable bonds is 1. The molecule has 6 heteroatoms. The minimum atomic E-state index is -0.322. The lowest BCUT2D eigenvalue weighted by Crippen LogP contribution is -2.58. The van der Waals surface area contributed by atoms with Gasteiger partial charge in [-0.05, 0) is 6.42 Å². The first-order valence-electron chi connectivity index (χ1n) is 5.14. The van der Waals surface area contributed by atoms with Crippen molar-refractivity contribution in [1.82, 2.24) is 15.1 Å². The minimum absolute atomic E-state index is 0.135. The fourth-order valence-electron chi connectivity index (χ4n) is 2.02. The average molecular weight is 212 g/mol. The minimum Gasteiger partial charge on any atom is -0.326 e. The van der Waals surface area contributed by atoms with Crippen LogP contribution in [0.4, 0.5) is 4.79 Å². The lowest BCUT2D eigenvalue weighted by molar-refractivity contribution is -0.130. The molecule has 0 bridgehead atoms. The third kappa shape index (κ3) is 1.95. The zero-order valence-electron chi connectivity index (χ0n) is 8.77. The largest absolute Gasteiger partial charge is 0.326 e. The number of likely N-dealkylation sites (tertiary alicyclic amines) is 1. The summed E-state index contributed by atoms with van der Waals surface area (Å²) in [5, 5.41) is 2.80. The molecule has 0 aromatic heterocycles. The van der Waals surface area contributed by atoms with Crippen LogP contribution in [0.25, 0.3) is 0 Å². The van der Waals surface area contributed by atoms with Crippen LogP contribution in [-0.2, 0) is 4.79 Å². The van der Waals surface area contributed by atoms with E-state index < -0.39 is 0 Å². The monoisotopic (exact) mass is 212 g/mol. The number of nitrogens with one attached hydrogen (secondary N) is 1. The lowest BCUT2D eigenvalue weighted by atomic mass is 10.2. The van der Waals surface area contributed by atoms with E-state index in [1.807, 2.05) is 0 Å². The van der Waals surface area contributed by atoms with Crippen LogP contribution in [0.5, 0.6) is 0 Å². The van der Waals surface area contributed by atoms with Crippen LogP contribution in [0.3, 0.4) is 0 Å². The molecule has 0 saturated carbocycles. The van der Waals surface area contributed by atoms with E-state index in [1.54, 1.807) is 0 Å². The van der Waals surface area contributed by atoms with E-state index in [0.717, 1.165) is 24.4 Å². The molecule has 3 amide bonds. The second-order valence-electron chi connectivity index (χ2n) is 4.17. The van der Waals surface area contributed by atoms with E-state index in [0.29, 0.717) is 6.42 Å². The van der Waals surface area contributed by atoms with Crippen LogP contribution in [0, 0.1) is 0 Å². The Kier molecular flexibility index (Phi) is 2.62. The Morgan fingerprint density at radius 1 is 1.47 bits per heavy atom. The molecule has 3 N–H and O–H groups in total. The van der Waals surface area contributed by atoms with E-state index in [1.165, 1.54) is 7.05 Å². The van der Waals surface area contributed by atoms with Crippen LogP contribution < -0.4 is 11.1 Å². The number of hydrogen-bond acceptors (Lipinski definition) is 4. The van der Waals surface area contributed by atoms with Crippen molar-refractivity contribution < 1.29 is 9.59 Å². The van der Waals surface area contributed by atoms with Crippen molar-refractivity contribution >= 4 is 11.9 Å². The van der Waals surface area contributed by atoms with Crippen molar-refractivity contribution in [2.45, 2.75) is 25.0 Å². The molecule has 2 aliphatic heterocycles. The summed E-state index contributed by atoms with van der Waals surface area (Å²) in [6, 6.07) is -0.159. The van der Waals surface area contributed by atoms with Crippen LogP contribution >= 0.6 is 0 Å². The Labute approximate surface area is 88.4 Å². The average Bonchev–Trinajstić information content (AvgIpc) is 2.60. The number of carbonyl (C=O) groups excluding carboxylic acids is 2. The van der Waals surface area contributed by atoms with Crippen molar-refractivity contribution in [2.24, 2.45) is 5.73 Å². The molecule has 2 unspecified atom stereocenters. The Morgan fingerprint density at radius 2 is 2.20 bits per heavy atom. The van der Waals surface area contributed by atoms with E-state index in [-0.39, 0.29) is 24.1 Å². The first-order valence-corrected chi connectivity index (χ1v) is 5.14. The van der Waals surface area contributed by atoms with Gasteiger partial charge in [0.2, 0.25) is 5.91 Å². The Balaban J connectivity index is 2.00. The van der Waals surface area contributed by atoms with Crippen molar-refractivity contribution in [3.8, 4) is 0 Å². The number of nitrogens with two attached hydrogens (primary N) is 1. The van der Waals surface area contributed by atoms with Gasteiger partial charge in [-0.2, -0.15) is 0 Å². The molecule has 2 heterocycles. The van der Waals surface area contributed by atoms with Crippen molar-refractivity contribution in [1.29, 1.82) is 0 Å². The predicted molar refractivity (Wildman–Crippen MR) is 53.9 cm³/mol. The quantitative estimate of drug-likeness (QED) is 0.579. The van der Waals surface area contributed by atoms with E-state index in [9.17, 15) is 9.59 Å². The Morgan fingerprint density at radius 3 is 2.73 bits per heavy atom. The number of imide groups is 1. The van der Waals surface area contributed by atoms with Crippen LogP contribution in [0.1, 0.15) is 12.8 Å². The summed E-state index contributed by atoms with van der Waals surface area (Å²) in [7, 11) is 1.49. The molecule has 0 aliphatic carbocycles. The van der Waals surface area contributed by atoms with E-state index in [4.69, 9.17) is 5.73 Å². The molecule has 0 aromatic carbocycles. The summed E-state index contributed by atoms with van der Waals surface area (Å²) >= 11 is 0. The van der Waals surface area contributed by atoms with E-state index in [2.05, 4.69) is 10.2 Å². The smallest absolute Gasteiger partial charge is 0.325 e. The maximum atomic E-state index is 11.5. The molecule has 15 heavy (non-hydrogen) atoms. The molecule has 2 atom stereocenters. The number of hydrogen-bond donors (Lipinski definition) is 2. The van der Waals surface area contributed by atoms with Crippen molar-refractivity contribution in [3.05, 3.63) is 0 Å². The van der Waals surface area contributed by atoms with Crippen molar-refractivity contribution in [3.63, 3.8) is 0 Å². The summed E-state index contributed by atoms with van der Waals surface area (Å²) in [5.74, 6) is -0.135. The molecule has 2 saturated heterocycles. The van der Waals surface area contributed by atoms with Gasteiger partial charge in [0.15, 0.2) is 0 Å². The zero-order chi connectivity index (χ0) is 11.0. The standard InChI is InChI=1S/C9H16N4O2/c1-12-8(14)4-7(11-9(12)15)13-3-2-6(10)5-13/h6-7H,2-5,10H2,1H3,(H,11,15). The number of nitrogens with zero attached hydrogens (tertiary/aromatic N) is 2. The molecule has 0 aromatic rings. The fraction of sp³-hybridized carbons (Fsp3) is 0.778. The number of urea groups is 1. The normalized spacial score (nSPS) is 33.3. The van der Waals surface area contributed by atoms with Gasteiger partial charge in [-0.1, -0.05) is 0 Å². The highest BCUT2D eigenvalue weighted by molar-refractivity contribution is 5.96. The first kappa shape index (κ1) is 10.4. The third-order valence-electron chi connectivity index (χ3n) is 3.03. The van der Waals surface area contributed by atoms with Gasteiger partial charge in [0.05, 0.1) is 12.6 Å². The molecule has 2 aliphatic rings. The molecule has 2 fully saturated rings. The SMILES string of the molecule is CN1C(=O)CC(N2CCC(N)C2)NC1=O. The maximum Gasteiger partial charge on any atom is 0.325 e. The van der Waals surface area contributed by atoms with Gasteiger partial charge in [-0.25, -0.2) is 4.79 Å². The summed E-state index contributed by atoms with van der Waals surface area (Å²) in [6.07, 6.45) is 1.10. The van der Waals surface area contributed by atoms with Gasteiger partial charge in [-0.15, -0.1) is 0 Å². The molecule has 2 rings (SSSR count). The summed E-state index contributed by atoms with van der Waals surface area (Å²) in [5.41, 5.74) is 5.78. The van der Waals surface area contributed by atoms with Crippen LogP contribution in [0.2, 0.25) is 0 Å². The molecular formula is C9H16N4O2. The highest BCUT2D eigenvalue weighted by Crippen LogP contribution is 2.15. The van der Waals surface area contributed by atoms with Gasteiger partial charge in [0.1, 0.15) is 0 Å². The molecule has 6 nitrogen and oxygen atoms in total. The highest BCUT2D eigenvalue weighted by atomic mass is 16.2. The topological polar surface area (TPSA) is 78.7 Å². The summed E-state index contributed by atoms with van der Waals surface area (Å²) in [4.78, 5) is 26.0. The summed E-state index contributed by atoms with van der Waals surface area (Å²) < 4.78 is 0. The summed E-state index contributed by atoms with van der Waals surface area (Å²) in [6.45, 7) is 1.60. The Bertz CT molecular complexity index is 276. The molecule has 0 spiro atoms. The fourth-order valence-corrected chi connectivity index (χ4v) is 2.02. The van der Waals surface area contributed by atoms with Gasteiger partial charge < -0.3 is 11.1 Å². The van der Waals surface area contributed by atoms with E-state index >= 15 is 0 Å². The van der Waals surface area contributed by atoms with Gasteiger partial charge >= 0.3 is 6.03 Å². The first-order chi connectivity index (χ1) is 7.08. The zero-order valence-corrected chi connectivity index (χ0v) is 8.77. The third-order valence-corrected chi connectivity index (χ3v) is 3.03. The molecular weight excluding hydrogens is 196 g/mol. The second kappa shape index (κ2) is 3.79. The molecule has 0 radical (unpaired) electrons. The molecule has 84 valence electrons. The lowest BCUT2D eigenvalue weighted by Gasteiger charge is -2.34. The highest BCUT2D eigenvalue weighted by Gasteiger charge is 2.35. The second-order valence-corrected chi connectivity index (χ2v) is 4.17. The predicted octanol–water partition coefficient (Wildman–Crippen LogP) is -1.08. The number of carbonyl (C=O) groups is 2. The van der Waals surface area contributed by atoms with Crippen LogP contribution in [0.15, 0.2) is 0 Å². The van der Waals surface area contributed by atoms with Crippen LogP contribution in [-0.4, -0.2) is 54.1 Å². The van der Waals surface area contributed by atoms with Crippen molar-refractivity contribution in [2.75, 3.05) is 20.1 Å². The maximum absolute atomic E-state index is 11.5. The Hall–Kier alpha value is -1.14. The van der Waals surface area contributed by atoms with Gasteiger partial charge in [-0.3, -0.25) is 14.6 Å². The van der Waals surface area contributed by atoms with Gasteiger partial charge in [0.25, 0.3) is 0 Å². The number of amides is 3. The van der Waals surface area contributed by atoms with Gasteiger partial charge in [0, 0.05) is 26.2 Å².